The number of aromatic nitrogens is 6. The van der Waals surface area contributed by atoms with Gasteiger partial charge in [0.1, 0.15) is 11.4 Å². The quantitative estimate of drug-likeness (QED) is 0.175. The molecular formula is C40H22N10. The highest BCUT2D eigenvalue weighted by Crippen LogP contribution is 2.54. The molecule has 50 heavy (non-hydrogen) atoms. The molecule has 4 aromatic heterocycles. The van der Waals surface area contributed by atoms with Gasteiger partial charge in [0, 0.05) is 12.4 Å². The van der Waals surface area contributed by atoms with E-state index in [0.717, 1.165) is 32.9 Å². The molecule has 0 unspecified atom stereocenters. The van der Waals surface area contributed by atoms with Gasteiger partial charge in [0.25, 0.3) is 11.6 Å². The second-order valence-corrected chi connectivity index (χ2v) is 11.5. The molecule has 10 heteroatoms. The Bertz CT molecular complexity index is 2510. The summed E-state index contributed by atoms with van der Waals surface area (Å²) in [4.78, 5) is 40.6. The average Bonchev–Trinajstić information content (AvgIpc) is 3.19. The van der Waals surface area contributed by atoms with Crippen LogP contribution in [-0.4, -0.2) is 29.9 Å². The van der Waals surface area contributed by atoms with Crippen LogP contribution >= 0.6 is 0 Å². The van der Waals surface area contributed by atoms with E-state index in [1.807, 2.05) is 119 Å². The molecule has 8 aromatic rings. The van der Waals surface area contributed by atoms with Gasteiger partial charge in [-0.15, -0.1) is 9.97 Å². The Balaban J connectivity index is 1.42. The molecule has 0 amide bonds. The van der Waals surface area contributed by atoms with Crippen molar-refractivity contribution in [1.29, 1.82) is 0 Å². The van der Waals surface area contributed by atoms with E-state index in [4.69, 9.17) is 33.1 Å². The molecule has 1 aliphatic heterocycles. The number of pyridine rings is 2. The molecule has 4 aromatic carbocycles. The lowest BCUT2D eigenvalue weighted by Crippen LogP contribution is -2.28. The lowest BCUT2D eigenvalue weighted by Gasteiger charge is -2.34. The number of fused-ring (bicyclic) bond motifs is 4. The Morgan fingerprint density at radius 1 is 0.420 bits per heavy atom. The van der Waals surface area contributed by atoms with Crippen LogP contribution in [0.4, 0.5) is 46.3 Å². The maximum absolute atomic E-state index is 7.91. The summed E-state index contributed by atoms with van der Waals surface area (Å²) < 4.78 is 0. The number of hydrogen-bond donors (Lipinski definition) is 0. The first-order valence-electron chi connectivity index (χ1n) is 15.7. The van der Waals surface area contributed by atoms with Gasteiger partial charge >= 0.3 is 11.6 Å². The van der Waals surface area contributed by atoms with Crippen molar-refractivity contribution in [3.63, 3.8) is 0 Å². The van der Waals surface area contributed by atoms with E-state index in [9.17, 15) is 0 Å². The van der Waals surface area contributed by atoms with E-state index >= 15 is 0 Å². The third kappa shape index (κ3) is 4.64. The van der Waals surface area contributed by atoms with E-state index in [2.05, 4.69) is 31.8 Å². The third-order valence-electron chi connectivity index (χ3n) is 8.54. The zero-order valence-corrected chi connectivity index (χ0v) is 26.2. The summed E-state index contributed by atoms with van der Waals surface area (Å²) in [6.45, 7) is 15.8. The Labute approximate surface area is 286 Å². The fourth-order valence-corrected chi connectivity index (χ4v) is 6.25. The molecule has 0 saturated heterocycles. The highest BCUT2D eigenvalue weighted by Gasteiger charge is 2.42. The van der Waals surface area contributed by atoms with Gasteiger partial charge in [0.2, 0.25) is 0 Å². The van der Waals surface area contributed by atoms with E-state index < -0.39 is 0 Å². The van der Waals surface area contributed by atoms with Crippen molar-refractivity contribution in [3.05, 3.63) is 157 Å². The maximum Gasteiger partial charge on any atom is 0.300 e. The van der Waals surface area contributed by atoms with Crippen molar-refractivity contribution in [2.45, 2.75) is 0 Å². The van der Waals surface area contributed by atoms with Crippen LogP contribution < -0.4 is 9.80 Å². The van der Waals surface area contributed by atoms with Gasteiger partial charge in [-0.2, -0.15) is 0 Å². The highest BCUT2D eigenvalue weighted by atomic mass is 15.4. The van der Waals surface area contributed by atoms with Crippen molar-refractivity contribution < 1.29 is 0 Å². The summed E-state index contributed by atoms with van der Waals surface area (Å²) in [6, 6.07) is 39.6. The Hall–Kier alpha value is -7.56. The SMILES string of the molecule is [C-]#[N+]c1nc2c(nc1[N+]#[C-])N(c1ccc3ccccc3c1)c1nc(-c3ccccn3)c(-c3ccccn3)nc1N2c1ccc2ccccc2c1. The molecule has 0 spiro atoms. The molecule has 0 N–H and O–H groups in total. The molecule has 1 aliphatic rings. The molecule has 0 aliphatic carbocycles. The molecule has 0 radical (unpaired) electrons. The van der Waals surface area contributed by atoms with Crippen molar-refractivity contribution in [1.82, 2.24) is 29.9 Å². The summed E-state index contributed by atoms with van der Waals surface area (Å²) in [5.74, 6) is 1.37. The monoisotopic (exact) mass is 642 g/mol. The fourth-order valence-electron chi connectivity index (χ4n) is 6.25. The molecule has 232 valence electrons. The zero-order chi connectivity index (χ0) is 33.6. The normalized spacial score (nSPS) is 11.9. The molecule has 5 heterocycles. The molecule has 0 atom stereocenters. The number of rotatable bonds is 4. The van der Waals surface area contributed by atoms with Gasteiger partial charge in [-0.3, -0.25) is 19.8 Å². The maximum atomic E-state index is 7.91. The van der Waals surface area contributed by atoms with Crippen molar-refractivity contribution in [2.24, 2.45) is 0 Å². The summed E-state index contributed by atoms with van der Waals surface area (Å²) in [5.41, 5.74) is 3.73. The first-order valence-corrected chi connectivity index (χ1v) is 15.7. The number of benzene rings is 4. The average molecular weight is 643 g/mol. The van der Waals surface area contributed by atoms with E-state index in [-0.39, 0.29) is 11.6 Å². The lowest BCUT2D eigenvalue weighted by atomic mass is 10.1. The van der Waals surface area contributed by atoms with Crippen molar-refractivity contribution in [3.8, 4) is 22.8 Å². The summed E-state index contributed by atoms with van der Waals surface area (Å²) >= 11 is 0. The van der Waals surface area contributed by atoms with Crippen LogP contribution in [0.25, 0.3) is 54.0 Å². The second kappa shape index (κ2) is 11.6. The molecule has 9 rings (SSSR count). The van der Waals surface area contributed by atoms with Crippen LogP contribution in [0.1, 0.15) is 0 Å². The molecule has 0 fully saturated rings. The van der Waals surface area contributed by atoms with Gasteiger partial charge in [0.05, 0.1) is 22.8 Å². The zero-order valence-electron chi connectivity index (χ0n) is 26.2. The minimum absolute atomic E-state index is 0.102. The number of hydrogen-bond acceptors (Lipinski definition) is 8. The van der Waals surface area contributed by atoms with E-state index in [0.29, 0.717) is 46.0 Å². The van der Waals surface area contributed by atoms with Crippen LogP contribution in [-0.2, 0) is 0 Å². The minimum atomic E-state index is -0.102. The van der Waals surface area contributed by atoms with Gasteiger partial charge in [-0.25, -0.2) is 9.97 Å². The summed E-state index contributed by atoms with van der Waals surface area (Å²) in [7, 11) is 0. The van der Waals surface area contributed by atoms with Crippen LogP contribution in [0.3, 0.4) is 0 Å². The van der Waals surface area contributed by atoms with E-state index in [1.54, 1.807) is 12.4 Å². The second-order valence-electron chi connectivity index (χ2n) is 11.5. The van der Waals surface area contributed by atoms with E-state index in [1.165, 1.54) is 0 Å². The first-order chi connectivity index (χ1) is 24.7. The first kappa shape index (κ1) is 28.6. The van der Waals surface area contributed by atoms with Gasteiger partial charge in [0.15, 0.2) is 11.6 Å². The van der Waals surface area contributed by atoms with Gasteiger partial charge in [-0.05, 0) is 70.1 Å². The number of nitrogens with zero attached hydrogens (tertiary/aromatic N) is 10. The predicted octanol–water partition coefficient (Wildman–Crippen LogP) is 10.1. The largest absolute Gasteiger partial charge is 0.370 e. The van der Waals surface area contributed by atoms with Gasteiger partial charge < -0.3 is 9.69 Å². The third-order valence-corrected chi connectivity index (χ3v) is 8.54. The van der Waals surface area contributed by atoms with Crippen molar-refractivity contribution >= 4 is 67.8 Å². The van der Waals surface area contributed by atoms with Gasteiger partial charge in [-0.1, -0.05) is 85.9 Å². The smallest absolute Gasteiger partial charge is 0.300 e. The van der Waals surface area contributed by atoms with Crippen molar-refractivity contribution in [2.75, 3.05) is 9.80 Å². The highest BCUT2D eigenvalue weighted by molar-refractivity contribution is 6.01. The molecule has 0 saturated carbocycles. The Kier molecular flexibility index (Phi) is 6.65. The van der Waals surface area contributed by atoms with Crippen LogP contribution in [0.5, 0.6) is 0 Å². The molecule has 0 bridgehead atoms. The Morgan fingerprint density at radius 2 is 0.820 bits per heavy atom. The number of anilines is 6. The predicted molar refractivity (Wildman–Crippen MR) is 195 cm³/mol. The molecule has 10 nitrogen and oxygen atoms in total. The molecular weight excluding hydrogens is 621 g/mol. The lowest BCUT2D eigenvalue weighted by molar-refractivity contribution is 0.998. The topological polar surface area (TPSA) is 92.5 Å². The van der Waals surface area contributed by atoms with Crippen LogP contribution in [0.2, 0.25) is 0 Å². The summed E-state index contributed by atoms with van der Waals surface area (Å²) in [6.07, 6.45) is 3.44. The fraction of sp³-hybridized carbons (Fsp3) is 0. The van der Waals surface area contributed by atoms with Crippen LogP contribution in [0.15, 0.2) is 134 Å². The Morgan fingerprint density at radius 3 is 1.22 bits per heavy atom. The van der Waals surface area contributed by atoms with Crippen LogP contribution in [0, 0.1) is 13.1 Å². The summed E-state index contributed by atoms with van der Waals surface area (Å²) in [5, 5.41) is 4.13. The minimum Gasteiger partial charge on any atom is -0.370 e. The standard InChI is InChI=1S/C40H22N10/c1-41-35-36(42-2)48-40-39(47-35)49(29-19-17-25-11-3-5-13-27(25)23-29)37-38(50(40)30-20-18-26-12-4-6-14-28(26)24-30)46-34(32-16-8-10-22-44-32)33(45-37)31-15-7-9-21-43-31/h3-24H.